The van der Waals surface area contributed by atoms with Crippen molar-refractivity contribution in [3.05, 3.63) is 35.4 Å². The number of nitriles is 1. The molecule has 0 unspecified atom stereocenters. The van der Waals surface area contributed by atoms with E-state index >= 15 is 0 Å². The zero-order valence-corrected chi connectivity index (χ0v) is 9.69. The quantitative estimate of drug-likeness (QED) is 0.749. The lowest BCUT2D eigenvalue weighted by Crippen LogP contribution is -2.14. The number of carbonyl (C=O) groups excluding carboxylic acids is 1. The van der Waals surface area contributed by atoms with Crippen molar-refractivity contribution < 1.29 is 9.53 Å². The highest BCUT2D eigenvalue weighted by atomic mass is 16.5. The molecule has 0 radical (unpaired) electrons. The Morgan fingerprint density at radius 2 is 1.94 bits per heavy atom. The summed E-state index contributed by atoms with van der Waals surface area (Å²) in [6.07, 6.45) is 4.74. The summed E-state index contributed by atoms with van der Waals surface area (Å²) in [5, 5.41) is 8.55. The van der Waals surface area contributed by atoms with Gasteiger partial charge in [-0.2, -0.15) is 5.26 Å². The van der Waals surface area contributed by atoms with Crippen molar-refractivity contribution in [3.63, 3.8) is 0 Å². The first kappa shape index (κ1) is 11.7. The van der Waals surface area contributed by atoms with Crippen molar-refractivity contribution in [2.45, 2.75) is 38.2 Å². The molecule has 0 N–H and O–H groups in total. The first-order valence-corrected chi connectivity index (χ1v) is 5.96. The van der Waals surface area contributed by atoms with Crippen LogP contribution in [0, 0.1) is 11.3 Å². The van der Waals surface area contributed by atoms with Crippen LogP contribution >= 0.6 is 0 Å². The third-order valence-electron chi connectivity index (χ3n) is 3.05. The molecular weight excluding hydrogens is 214 g/mol. The van der Waals surface area contributed by atoms with E-state index in [-0.39, 0.29) is 12.1 Å². The van der Waals surface area contributed by atoms with E-state index in [9.17, 15) is 4.79 Å². The van der Waals surface area contributed by atoms with Crippen LogP contribution in [0.4, 0.5) is 0 Å². The molecule has 1 aromatic rings. The molecule has 2 rings (SSSR count). The van der Waals surface area contributed by atoms with Gasteiger partial charge in [-0.25, -0.2) is 4.79 Å². The van der Waals surface area contributed by atoms with E-state index in [1.807, 2.05) is 0 Å². The monoisotopic (exact) mass is 229 g/mol. The average Bonchev–Trinajstić information content (AvgIpc) is 2.83. The van der Waals surface area contributed by atoms with Gasteiger partial charge in [0.25, 0.3) is 0 Å². The lowest BCUT2D eigenvalue weighted by Gasteiger charge is -2.11. The summed E-state index contributed by atoms with van der Waals surface area (Å²) in [7, 11) is 0. The number of carbonyl (C=O) groups is 1. The minimum absolute atomic E-state index is 0.0984. The van der Waals surface area contributed by atoms with Gasteiger partial charge in [-0.3, -0.25) is 0 Å². The van der Waals surface area contributed by atoms with E-state index in [4.69, 9.17) is 10.00 Å². The highest BCUT2D eigenvalue weighted by Gasteiger charge is 2.19. The smallest absolute Gasteiger partial charge is 0.338 e. The van der Waals surface area contributed by atoms with Crippen molar-refractivity contribution in [1.82, 2.24) is 0 Å². The Balaban J connectivity index is 1.96. The molecule has 3 heteroatoms. The van der Waals surface area contributed by atoms with Gasteiger partial charge >= 0.3 is 5.97 Å². The summed E-state index contributed by atoms with van der Waals surface area (Å²) in [5.74, 6) is -0.250. The van der Waals surface area contributed by atoms with Crippen LogP contribution in [0.2, 0.25) is 0 Å². The molecule has 1 aliphatic carbocycles. The van der Waals surface area contributed by atoms with Crippen LogP contribution in [-0.2, 0) is 11.2 Å². The zero-order valence-electron chi connectivity index (χ0n) is 9.69. The number of ether oxygens (including phenoxy) is 1. The number of nitrogens with zero attached hydrogens (tertiary/aromatic N) is 1. The lowest BCUT2D eigenvalue weighted by atomic mass is 10.1. The van der Waals surface area contributed by atoms with E-state index in [1.54, 1.807) is 24.3 Å². The molecule has 0 aromatic heterocycles. The maximum Gasteiger partial charge on any atom is 0.338 e. The van der Waals surface area contributed by atoms with Crippen molar-refractivity contribution in [2.75, 3.05) is 0 Å². The Kier molecular flexibility index (Phi) is 3.77. The summed E-state index contributed by atoms with van der Waals surface area (Å²) in [5.41, 5.74) is 1.49. The normalized spacial score (nSPS) is 15.5. The predicted molar refractivity (Wildman–Crippen MR) is 63.4 cm³/mol. The highest BCUT2D eigenvalue weighted by Crippen LogP contribution is 2.22. The van der Waals surface area contributed by atoms with Crippen LogP contribution in [-0.4, -0.2) is 12.1 Å². The van der Waals surface area contributed by atoms with Crippen molar-refractivity contribution >= 4 is 5.97 Å². The molecule has 3 nitrogen and oxygen atoms in total. The molecule has 1 saturated carbocycles. The topological polar surface area (TPSA) is 50.1 Å². The van der Waals surface area contributed by atoms with Crippen LogP contribution in [0.5, 0.6) is 0 Å². The molecule has 0 atom stereocenters. The molecule has 1 fully saturated rings. The van der Waals surface area contributed by atoms with Crippen LogP contribution in [0.1, 0.15) is 41.6 Å². The summed E-state index contributed by atoms with van der Waals surface area (Å²) in [6, 6.07) is 9.13. The number of hydrogen-bond acceptors (Lipinski definition) is 3. The van der Waals surface area contributed by atoms with Gasteiger partial charge in [-0.15, -0.1) is 0 Å². The second kappa shape index (κ2) is 5.49. The molecule has 1 aromatic carbocycles. The van der Waals surface area contributed by atoms with Crippen LogP contribution in [0.25, 0.3) is 0 Å². The molecule has 0 saturated heterocycles. The average molecular weight is 229 g/mol. The van der Waals surface area contributed by atoms with E-state index in [2.05, 4.69) is 6.07 Å². The Morgan fingerprint density at radius 3 is 2.53 bits per heavy atom. The molecule has 1 aliphatic rings. The van der Waals surface area contributed by atoms with Crippen molar-refractivity contribution in [3.8, 4) is 6.07 Å². The van der Waals surface area contributed by atoms with Crippen LogP contribution in [0.15, 0.2) is 24.3 Å². The van der Waals surface area contributed by atoms with Crippen LogP contribution < -0.4 is 0 Å². The highest BCUT2D eigenvalue weighted by molar-refractivity contribution is 5.89. The summed E-state index contributed by atoms with van der Waals surface area (Å²) in [6.45, 7) is 0. The summed E-state index contributed by atoms with van der Waals surface area (Å²) in [4.78, 5) is 11.8. The first-order chi connectivity index (χ1) is 8.29. The standard InChI is InChI=1S/C14H15NO2/c15-10-9-11-5-7-12(8-6-11)14(16)17-13-3-1-2-4-13/h5-8,13H,1-4,9H2. The fourth-order valence-electron chi connectivity index (χ4n) is 2.08. The zero-order chi connectivity index (χ0) is 12.1. The molecular formula is C14H15NO2. The van der Waals surface area contributed by atoms with Gasteiger partial charge in [-0.05, 0) is 43.4 Å². The fourth-order valence-corrected chi connectivity index (χ4v) is 2.08. The Hall–Kier alpha value is -1.82. The second-order valence-corrected chi connectivity index (χ2v) is 4.34. The first-order valence-electron chi connectivity index (χ1n) is 5.96. The number of benzene rings is 1. The minimum atomic E-state index is -0.250. The molecule has 0 aliphatic heterocycles. The van der Waals surface area contributed by atoms with Crippen molar-refractivity contribution in [1.29, 1.82) is 5.26 Å². The van der Waals surface area contributed by atoms with Crippen LogP contribution in [0.3, 0.4) is 0 Å². The lowest BCUT2D eigenvalue weighted by molar-refractivity contribution is 0.0318. The Labute approximate surface area is 101 Å². The van der Waals surface area contributed by atoms with Gasteiger partial charge in [-0.1, -0.05) is 12.1 Å². The van der Waals surface area contributed by atoms with Gasteiger partial charge < -0.3 is 4.74 Å². The van der Waals surface area contributed by atoms with Gasteiger partial charge in [0, 0.05) is 0 Å². The molecule has 0 heterocycles. The van der Waals surface area contributed by atoms with Crippen molar-refractivity contribution in [2.24, 2.45) is 0 Å². The van der Waals surface area contributed by atoms with Gasteiger partial charge in [0.1, 0.15) is 6.10 Å². The number of esters is 1. The molecule has 88 valence electrons. The van der Waals surface area contributed by atoms with E-state index in [1.165, 1.54) is 0 Å². The Morgan fingerprint density at radius 1 is 1.29 bits per heavy atom. The molecule has 0 bridgehead atoms. The third-order valence-corrected chi connectivity index (χ3v) is 3.05. The fraction of sp³-hybridized carbons (Fsp3) is 0.429. The van der Waals surface area contributed by atoms with E-state index in [0.29, 0.717) is 12.0 Å². The molecule has 0 amide bonds. The van der Waals surface area contributed by atoms with Gasteiger partial charge in [0.2, 0.25) is 0 Å². The number of rotatable bonds is 3. The predicted octanol–water partition coefficient (Wildman–Crippen LogP) is 2.85. The largest absolute Gasteiger partial charge is 0.459 e. The number of hydrogen-bond donors (Lipinski definition) is 0. The second-order valence-electron chi connectivity index (χ2n) is 4.34. The third kappa shape index (κ3) is 3.07. The maximum absolute atomic E-state index is 11.8. The Bertz CT molecular complexity index is 425. The maximum atomic E-state index is 11.8. The summed E-state index contributed by atoms with van der Waals surface area (Å²) < 4.78 is 5.39. The minimum Gasteiger partial charge on any atom is -0.459 e. The van der Waals surface area contributed by atoms with Gasteiger partial charge in [0.15, 0.2) is 0 Å². The summed E-state index contributed by atoms with van der Waals surface area (Å²) >= 11 is 0. The van der Waals surface area contributed by atoms with E-state index in [0.717, 1.165) is 31.2 Å². The molecule has 17 heavy (non-hydrogen) atoms. The van der Waals surface area contributed by atoms with E-state index < -0.39 is 0 Å². The SMILES string of the molecule is N#CCc1ccc(C(=O)OC2CCCC2)cc1. The van der Waals surface area contributed by atoms with Gasteiger partial charge in [0.05, 0.1) is 18.1 Å². The molecule has 0 spiro atoms.